The summed E-state index contributed by atoms with van der Waals surface area (Å²) in [5, 5.41) is 5.84. The summed E-state index contributed by atoms with van der Waals surface area (Å²) in [4.78, 5) is 25.6. The number of hydrogen-bond acceptors (Lipinski definition) is 3. The first-order chi connectivity index (χ1) is 14.1. The number of fused-ring (bicyclic) bond motifs is 1. The van der Waals surface area contributed by atoms with Crippen molar-refractivity contribution >= 4 is 17.5 Å². The number of carbonyl (C=O) groups is 2. The fourth-order valence-electron chi connectivity index (χ4n) is 3.43. The molecule has 1 aliphatic heterocycles. The largest absolute Gasteiger partial charge is 0.480 e. The Morgan fingerprint density at radius 2 is 1.62 bits per heavy atom. The van der Waals surface area contributed by atoms with E-state index in [1.54, 1.807) is 24.3 Å². The number of nitrogens with one attached hydrogen (secondary N) is 2. The van der Waals surface area contributed by atoms with Crippen LogP contribution in [0, 0.1) is 0 Å². The molecule has 1 aliphatic rings. The van der Waals surface area contributed by atoms with Gasteiger partial charge in [-0.1, -0.05) is 60.7 Å². The molecule has 2 N–H and O–H groups in total. The van der Waals surface area contributed by atoms with Crippen molar-refractivity contribution in [1.82, 2.24) is 5.32 Å². The zero-order valence-corrected chi connectivity index (χ0v) is 16.1. The van der Waals surface area contributed by atoms with Gasteiger partial charge in [0, 0.05) is 6.42 Å². The zero-order valence-electron chi connectivity index (χ0n) is 16.1. The molecule has 1 heterocycles. The van der Waals surface area contributed by atoms with Gasteiger partial charge in [-0.15, -0.1) is 0 Å². The van der Waals surface area contributed by atoms with Gasteiger partial charge < -0.3 is 15.4 Å². The first-order valence-corrected chi connectivity index (χ1v) is 9.62. The quantitative estimate of drug-likeness (QED) is 0.693. The van der Waals surface area contributed by atoms with Crippen molar-refractivity contribution in [3.05, 3.63) is 95.6 Å². The van der Waals surface area contributed by atoms with E-state index in [0.29, 0.717) is 17.7 Å². The van der Waals surface area contributed by atoms with Crippen molar-refractivity contribution in [3.8, 4) is 5.75 Å². The van der Waals surface area contributed by atoms with Gasteiger partial charge in [0.05, 0.1) is 17.3 Å². The lowest BCUT2D eigenvalue weighted by Gasteiger charge is -2.17. The third kappa shape index (κ3) is 4.14. The Kier molecular flexibility index (Phi) is 5.29. The van der Waals surface area contributed by atoms with E-state index in [1.807, 2.05) is 61.5 Å². The van der Waals surface area contributed by atoms with E-state index in [-0.39, 0.29) is 17.9 Å². The van der Waals surface area contributed by atoms with Crippen molar-refractivity contribution in [1.29, 1.82) is 0 Å². The highest BCUT2D eigenvalue weighted by atomic mass is 16.5. The fourth-order valence-corrected chi connectivity index (χ4v) is 3.43. The number of ether oxygens (including phenoxy) is 1. The highest BCUT2D eigenvalue weighted by Crippen LogP contribution is 2.29. The number of rotatable bonds is 5. The third-order valence-corrected chi connectivity index (χ3v) is 5.02. The molecule has 2 unspecified atom stereocenters. The highest BCUT2D eigenvalue weighted by molar-refractivity contribution is 6.05. The maximum Gasteiger partial charge on any atom is 0.265 e. The highest BCUT2D eigenvalue weighted by Gasteiger charge is 2.29. The van der Waals surface area contributed by atoms with Crippen molar-refractivity contribution in [2.75, 3.05) is 5.32 Å². The Hall–Kier alpha value is -3.60. The molecule has 3 aromatic carbocycles. The molecule has 4 rings (SSSR count). The Labute approximate surface area is 169 Å². The fraction of sp³-hybridized carbons (Fsp3) is 0.167. The van der Waals surface area contributed by atoms with Gasteiger partial charge in [-0.05, 0) is 36.2 Å². The summed E-state index contributed by atoms with van der Waals surface area (Å²) in [6.45, 7) is 1.93. The minimum atomic E-state index is -0.605. The van der Waals surface area contributed by atoms with Crippen LogP contribution >= 0.6 is 0 Å². The van der Waals surface area contributed by atoms with Crippen LogP contribution in [0.3, 0.4) is 0 Å². The molecule has 0 bridgehead atoms. The lowest BCUT2D eigenvalue weighted by molar-refractivity contribution is -0.122. The number of hydrogen-bond donors (Lipinski definition) is 2. The van der Waals surface area contributed by atoms with E-state index < -0.39 is 6.10 Å². The monoisotopic (exact) mass is 386 g/mol. The van der Waals surface area contributed by atoms with Crippen LogP contribution in [0.2, 0.25) is 0 Å². The summed E-state index contributed by atoms with van der Waals surface area (Å²) in [6, 6.07) is 24.2. The van der Waals surface area contributed by atoms with Crippen LogP contribution in [-0.4, -0.2) is 17.9 Å². The second-order valence-electron chi connectivity index (χ2n) is 7.06. The number of amides is 2. The predicted octanol–water partition coefficient (Wildman–Crippen LogP) is 4.12. The molecule has 0 radical (unpaired) electrons. The summed E-state index contributed by atoms with van der Waals surface area (Å²) in [7, 11) is 0. The summed E-state index contributed by atoms with van der Waals surface area (Å²) < 4.78 is 5.75. The molecule has 3 aromatic rings. The van der Waals surface area contributed by atoms with E-state index in [9.17, 15) is 9.59 Å². The van der Waals surface area contributed by atoms with E-state index in [2.05, 4.69) is 10.6 Å². The second-order valence-corrected chi connectivity index (χ2v) is 7.06. The summed E-state index contributed by atoms with van der Waals surface area (Å²) in [6.07, 6.45) is -0.0896. The number of para-hydroxylation sites is 2. The van der Waals surface area contributed by atoms with Crippen LogP contribution in [-0.2, 0) is 11.2 Å². The molecule has 0 fully saturated rings. The maximum absolute atomic E-state index is 12.8. The smallest absolute Gasteiger partial charge is 0.265 e. The van der Waals surface area contributed by atoms with Gasteiger partial charge in [-0.25, -0.2) is 0 Å². The maximum atomic E-state index is 12.8. The van der Waals surface area contributed by atoms with Crippen LogP contribution in [0.1, 0.15) is 34.5 Å². The Morgan fingerprint density at radius 1 is 0.931 bits per heavy atom. The molecule has 0 aromatic heterocycles. The summed E-state index contributed by atoms with van der Waals surface area (Å²) in [5.74, 6) is 0.223. The van der Waals surface area contributed by atoms with Gasteiger partial charge in [0.15, 0.2) is 6.10 Å². The van der Waals surface area contributed by atoms with Gasteiger partial charge in [-0.2, -0.15) is 0 Å². The van der Waals surface area contributed by atoms with Crippen molar-refractivity contribution < 1.29 is 14.3 Å². The van der Waals surface area contributed by atoms with Gasteiger partial charge >= 0.3 is 0 Å². The molecular formula is C24H22N2O3. The van der Waals surface area contributed by atoms with E-state index >= 15 is 0 Å². The van der Waals surface area contributed by atoms with Crippen molar-refractivity contribution in [3.63, 3.8) is 0 Å². The molecule has 5 heteroatoms. The lowest BCUT2D eigenvalue weighted by atomic mass is 10.1. The van der Waals surface area contributed by atoms with E-state index in [4.69, 9.17) is 4.74 Å². The molecule has 5 nitrogen and oxygen atoms in total. The summed E-state index contributed by atoms with van der Waals surface area (Å²) >= 11 is 0. The van der Waals surface area contributed by atoms with E-state index in [1.165, 1.54) is 0 Å². The number of benzene rings is 3. The minimum Gasteiger partial charge on any atom is -0.480 e. The molecule has 2 atom stereocenters. The summed E-state index contributed by atoms with van der Waals surface area (Å²) in [5.41, 5.74) is 2.91. The predicted molar refractivity (Wildman–Crippen MR) is 112 cm³/mol. The first-order valence-electron chi connectivity index (χ1n) is 9.62. The molecule has 0 aliphatic carbocycles. The minimum absolute atomic E-state index is 0.153. The van der Waals surface area contributed by atoms with Crippen LogP contribution in [0.15, 0.2) is 78.9 Å². The van der Waals surface area contributed by atoms with Gasteiger partial charge in [0.1, 0.15) is 5.75 Å². The average Bonchev–Trinajstić information content (AvgIpc) is 3.19. The SMILES string of the molecule is CC(NC(=O)c1ccccc1NC(=O)C1Cc2ccccc2O1)c1ccccc1. The number of anilines is 1. The molecule has 146 valence electrons. The number of carbonyl (C=O) groups excluding carboxylic acids is 2. The molecule has 0 saturated carbocycles. The van der Waals surface area contributed by atoms with Crippen LogP contribution in [0.25, 0.3) is 0 Å². The molecular weight excluding hydrogens is 364 g/mol. The molecule has 29 heavy (non-hydrogen) atoms. The van der Waals surface area contributed by atoms with Crippen molar-refractivity contribution in [2.24, 2.45) is 0 Å². The second kappa shape index (κ2) is 8.19. The Balaban J connectivity index is 1.46. The van der Waals surface area contributed by atoms with Gasteiger partial charge in [0.25, 0.3) is 11.8 Å². The first kappa shape index (κ1) is 18.7. The molecule has 2 amide bonds. The lowest BCUT2D eigenvalue weighted by Crippen LogP contribution is -2.33. The Morgan fingerprint density at radius 3 is 2.41 bits per heavy atom. The molecule has 0 spiro atoms. The zero-order chi connectivity index (χ0) is 20.2. The third-order valence-electron chi connectivity index (χ3n) is 5.02. The molecule has 0 saturated heterocycles. The van der Waals surface area contributed by atoms with Crippen molar-refractivity contribution in [2.45, 2.75) is 25.5 Å². The Bertz CT molecular complexity index is 1010. The average molecular weight is 386 g/mol. The van der Waals surface area contributed by atoms with Crippen LogP contribution in [0.4, 0.5) is 5.69 Å². The van der Waals surface area contributed by atoms with Gasteiger partial charge in [0.2, 0.25) is 0 Å². The normalized spacial score (nSPS) is 15.7. The topological polar surface area (TPSA) is 67.4 Å². The van der Waals surface area contributed by atoms with Crippen LogP contribution in [0.5, 0.6) is 5.75 Å². The van der Waals surface area contributed by atoms with Crippen LogP contribution < -0.4 is 15.4 Å². The van der Waals surface area contributed by atoms with Gasteiger partial charge in [-0.3, -0.25) is 9.59 Å². The standard InChI is InChI=1S/C24H22N2O3/c1-16(17-9-3-2-4-10-17)25-23(27)19-12-6-7-13-20(19)26-24(28)22-15-18-11-5-8-14-21(18)29-22/h2-14,16,22H,15H2,1H3,(H,25,27)(H,26,28). The van der Waals surface area contributed by atoms with E-state index in [0.717, 1.165) is 16.9 Å².